The molecule has 1 saturated heterocycles. The van der Waals surface area contributed by atoms with Crippen LogP contribution in [-0.2, 0) is 28.0 Å². The highest BCUT2D eigenvalue weighted by molar-refractivity contribution is 14.2. The fraction of sp³-hybridized carbons (Fsp3) is 0.444. The largest absolute Gasteiger partial charge is 0.496 e. The third kappa shape index (κ3) is 7.24. The van der Waals surface area contributed by atoms with E-state index in [9.17, 15) is 14.4 Å². The maximum absolute atomic E-state index is 13.6. The molecule has 15 heteroatoms. The molecule has 4 heterocycles. The number of halogens is 1. The van der Waals surface area contributed by atoms with E-state index < -0.39 is 22.7 Å². The average Bonchev–Trinajstić information content (AvgIpc) is 3.63. The van der Waals surface area contributed by atoms with Crippen molar-refractivity contribution in [2.24, 2.45) is 5.73 Å². The van der Waals surface area contributed by atoms with Gasteiger partial charge in [0, 0.05) is 25.3 Å². The number of carbonyl (C=O) groups is 1. The van der Waals surface area contributed by atoms with Gasteiger partial charge < -0.3 is 20.3 Å². The molecule has 1 fully saturated rings. The number of amides is 1. The molecule has 42 heavy (non-hydrogen) atoms. The van der Waals surface area contributed by atoms with E-state index in [1.807, 2.05) is 45.5 Å². The number of rotatable bonds is 7. The summed E-state index contributed by atoms with van der Waals surface area (Å²) < 4.78 is 12.9. The van der Waals surface area contributed by atoms with Gasteiger partial charge in [-0.2, -0.15) is 10.2 Å². The molecular weight excluding hydrogens is 695 g/mol. The fourth-order valence-corrected chi connectivity index (χ4v) is 5.71. The van der Waals surface area contributed by atoms with Gasteiger partial charge in [0.25, 0.3) is 5.56 Å². The van der Waals surface area contributed by atoms with Crippen molar-refractivity contribution in [2.45, 2.75) is 58.2 Å². The van der Waals surface area contributed by atoms with E-state index in [0.717, 1.165) is 36.2 Å². The molecule has 5 rings (SSSR count). The number of ether oxygens (including phenoxy) is 2. The predicted octanol–water partition coefficient (Wildman–Crippen LogP) is 3.01. The normalized spacial score (nSPS) is 13.6. The van der Waals surface area contributed by atoms with Gasteiger partial charge in [-0.1, -0.05) is 29.5 Å². The molecule has 1 aliphatic heterocycles. The van der Waals surface area contributed by atoms with E-state index in [2.05, 4.69) is 20.0 Å². The summed E-state index contributed by atoms with van der Waals surface area (Å²) in [5.41, 5.74) is 4.41. The van der Waals surface area contributed by atoms with Crippen molar-refractivity contribution in [3.63, 3.8) is 0 Å². The predicted molar refractivity (Wildman–Crippen MR) is 174 cm³/mol. The van der Waals surface area contributed by atoms with Crippen LogP contribution >= 0.6 is 42.3 Å². The molecule has 0 spiro atoms. The minimum atomic E-state index is -1.52. The van der Waals surface area contributed by atoms with Gasteiger partial charge in [-0.3, -0.25) is 14.2 Å². The highest BCUT2D eigenvalue weighted by Gasteiger charge is 2.34. The fourth-order valence-electron chi connectivity index (χ4n) is 4.47. The molecule has 3 N–H and O–H groups in total. The molecule has 0 atom stereocenters. The van der Waals surface area contributed by atoms with E-state index in [1.54, 1.807) is 14.0 Å². The Labute approximate surface area is 264 Å². The van der Waals surface area contributed by atoms with Crippen LogP contribution in [0.25, 0.3) is 15.2 Å². The van der Waals surface area contributed by atoms with Crippen molar-refractivity contribution in [3.05, 3.63) is 68.6 Å². The third-order valence-corrected chi connectivity index (χ3v) is 8.22. The Morgan fingerprint density at radius 1 is 1.21 bits per heavy atom. The number of para-hydroxylation sites is 1. The van der Waals surface area contributed by atoms with Crippen molar-refractivity contribution >= 4 is 58.5 Å². The summed E-state index contributed by atoms with van der Waals surface area (Å²) in [5.74, 6) is -0.0736. The number of primary amides is 1. The summed E-state index contributed by atoms with van der Waals surface area (Å²) in [7, 11) is 5.09. The van der Waals surface area contributed by atoms with Gasteiger partial charge in [0.15, 0.2) is 0 Å². The van der Waals surface area contributed by atoms with Crippen LogP contribution < -0.4 is 21.7 Å². The monoisotopic (exact) mass is 730 g/mol. The summed E-state index contributed by atoms with van der Waals surface area (Å²) in [6.45, 7) is 6.44. The molecule has 228 valence electrons. The minimum absolute atomic E-state index is 0.0891. The number of aryl methyl sites for hydroxylation is 3. The molecule has 1 aromatic carbocycles. The number of aliphatic hydroxyl groups excluding tert-OH is 1. The van der Waals surface area contributed by atoms with Crippen LogP contribution in [0.3, 0.4) is 0 Å². The molecule has 12 nitrogen and oxygen atoms in total. The van der Waals surface area contributed by atoms with Crippen LogP contribution in [-0.4, -0.2) is 61.6 Å². The highest BCUT2D eigenvalue weighted by Crippen LogP contribution is 2.31. The van der Waals surface area contributed by atoms with E-state index in [-0.39, 0.29) is 12.6 Å². The van der Waals surface area contributed by atoms with Crippen LogP contribution in [0.4, 0.5) is 0 Å². The number of aromatic nitrogens is 5. The van der Waals surface area contributed by atoms with Crippen LogP contribution in [0.5, 0.6) is 5.75 Å². The highest BCUT2D eigenvalue weighted by atomic mass is 127. The lowest BCUT2D eigenvalue weighted by Gasteiger charge is -2.24. The summed E-state index contributed by atoms with van der Waals surface area (Å²) in [6.07, 6.45) is 5.09. The smallest absolute Gasteiger partial charge is 0.333 e. The number of thiol groups is 1. The Hall–Kier alpha value is -2.73. The zero-order valence-corrected chi connectivity index (χ0v) is 27.7. The van der Waals surface area contributed by atoms with Crippen LogP contribution in [0, 0.1) is 6.92 Å². The van der Waals surface area contributed by atoms with Crippen molar-refractivity contribution < 1.29 is 19.4 Å². The van der Waals surface area contributed by atoms with Gasteiger partial charge in [-0.05, 0) is 72.9 Å². The topological polar surface area (TPSA) is 156 Å². The minimum Gasteiger partial charge on any atom is -0.496 e. The lowest BCUT2D eigenvalue weighted by molar-refractivity contribution is -0.125. The Balaban J connectivity index is 0.000000465. The second-order valence-corrected chi connectivity index (χ2v) is 10.9. The number of nitrogens with two attached hydrogens (primary N) is 1. The summed E-state index contributed by atoms with van der Waals surface area (Å²) in [5, 5.41) is 18.1. The van der Waals surface area contributed by atoms with Gasteiger partial charge in [-0.15, -0.1) is 14.6 Å². The van der Waals surface area contributed by atoms with Crippen molar-refractivity contribution in [3.8, 4) is 10.8 Å². The number of hydrogen-bond acceptors (Lipinski definition) is 10. The Kier molecular flexibility index (Phi) is 12.2. The third-order valence-electron chi connectivity index (χ3n) is 6.94. The number of methoxy groups -OCH3 is 1. The van der Waals surface area contributed by atoms with Gasteiger partial charge >= 0.3 is 5.69 Å². The summed E-state index contributed by atoms with van der Waals surface area (Å²) >= 11 is 3.09. The number of hydrogen-bond donors (Lipinski definition) is 3. The first-order valence-electron chi connectivity index (χ1n) is 13.1. The first-order valence-corrected chi connectivity index (χ1v) is 17.1. The lowest BCUT2D eigenvalue weighted by atomic mass is 10.0. The molecule has 0 bridgehead atoms. The van der Waals surface area contributed by atoms with Crippen molar-refractivity contribution in [1.82, 2.24) is 24.1 Å². The zero-order valence-electron chi connectivity index (χ0n) is 23.8. The van der Waals surface area contributed by atoms with Crippen LogP contribution in [0.2, 0.25) is 0 Å². The van der Waals surface area contributed by atoms with E-state index in [0.29, 0.717) is 33.0 Å². The molecule has 0 radical (unpaired) electrons. The molecule has 0 aliphatic carbocycles. The van der Waals surface area contributed by atoms with Crippen LogP contribution in [0.1, 0.15) is 37.8 Å². The lowest BCUT2D eigenvalue weighted by Crippen LogP contribution is -2.54. The number of fused-ring (bicyclic) bond motifs is 1. The second-order valence-electron chi connectivity index (χ2n) is 9.93. The van der Waals surface area contributed by atoms with E-state index >= 15 is 0 Å². The second kappa shape index (κ2) is 15.1. The number of nitrogens with zero attached hydrogens (tertiary/aromatic N) is 5. The SMILES string of the molecule is COc1ccccc1CCn1c(=O)n(C(C)(C)C(N)=O)c(=O)c2c(C)c(-n3nccn3)sc21.OC1CCOCC1.SI. The van der Waals surface area contributed by atoms with Gasteiger partial charge in [0.2, 0.25) is 5.91 Å². The van der Waals surface area contributed by atoms with Gasteiger partial charge in [-0.25, -0.2) is 9.36 Å². The summed E-state index contributed by atoms with van der Waals surface area (Å²) in [4.78, 5) is 41.2. The average molecular weight is 731 g/mol. The molecule has 1 aliphatic rings. The standard InChI is InChI=1S/C22H24N6O4S.C5H10O2.HIS/c1-13-16-17(29)27(22(2,3)20(23)30)21(31)26(12-9-14-7-5-6-8-15(14)32-4)19(16)33-18(13)28-24-10-11-25-28;6-5-1-3-7-4-2-5;1-2/h5-8,10-11H,9,12H2,1-4H3,(H2,23,30);5-6H,1-4H2;2H. The molecule has 4 aromatic rings. The summed E-state index contributed by atoms with van der Waals surface area (Å²) in [6, 6.07) is 7.53. The number of aliphatic hydroxyl groups is 1. The van der Waals surface area contributed by atoms with Gasteiger partial charge in [0.1, 0.15) is 21.1 Å². The quantitative estimate of drug-likeness (QED) is 0.194. The van der Waals surface area contributed by atoms with Gasteiger partial charge in [0.05, 0.1) is 31.0 Å². The number of benzene rings is 1. The molecule has 1 amide bonds. The van der Waals surface area contributed by atoms with E-state index in [1.165, 1.54) is 46.9 Å². The van der Waals surface area contributed by atoms with Crippen LogP contribution in [0.15, 0.2) is 46.2 Å². The first kappa shape index (κ1) is 33.8. The van der Waals surface area contributed by atoms with Crippen molar-refractivity contribution in [1.29, 1.82) is 0 Å². The first-order chi connectivity index (χ1) is 20.1. The maximum atomic E-state index is 13.6. The number of thiophene rings is 1. The maximum Gasteiger partial charge on any atom is 0.333 e. The van der Waals surface area contributed by atoms with Crippen molar-refractivity contribution in [2.75, 3.05) is 20.3 Å². The Morgan fingerprint density at radius 2 is 1.83 bits per heavy atom. The molecule has 0 saturated carbocycles. The molecule has 3 aromatic heterocycles. The molecule has 0 unspecified atom stereocenters. The number of carbonyl (C=O) groups excluding carboxylic acids is 1. The molecular formula is C27H35IN6O6S2. The Bertz CT molecular complexity index is 1610. The zero-order chi connectivity index (χ0) is 31.0. The van der Waals surface area contributed by atoms with E-state index in [4.69, 9.17) is 20.3 Å². The Morgan fingerprint density at radius 3 is 2.38 bits per heavy atom.